The molecule has 0 saturated carbocycles. The molecule has 1 aliphatic heterocycles. The fourth-order valence-electron chi connectivity index (χ4n) is 6.78. The molecule has 0 atom stereocenters. The van der Waals surface area contributed by atoms with Crippen LogP contribution >= 0.6 is 0 Å². The van der Waals surface area contributed by atoms with Crippen LogP contribution < -0.4 is 8.61 Å². The number of benzene rings is 3. The van der Waals surface area contributed by atoms with Gasteiger partial charge in [-0.2, -0.15) is 3.71 Å². The smallest absolute Gasteiger partial charge is 0.293 e. The van der Waals surface area contributed by atoms with Crippen molar-refractivity contribution < 1.29 is 26.0 Å². The molecule has 0 radical (unpaired) electrons. The molecule has 7 rings (SSSR count). The van der Waals surface area contributed by atoms with Crippen molar-refractivity contribution in [3.63, 3.8) is 0 Å². The molecule has 3 aliphatic rings. The van der Waals surface area contributed by atoms with Crippen LogP contribution in [0.1, 0.15) is 70.5 Å². The van der Waals surface area contributed by atoms with E-state index in [1.165, 1.54) is 24.5 Å². The van der Waals surface area contributed by atoms with Crippen molar-refractivity contribution in [3.8, 4) is 0 Å². The van der Waals surface area contributed by atoms with Crippen LogP contribution in [-0.4, -0.2) is 29.3 Å². The maximum absolute atomic E-state index is 14.5. The molecular formula is C34H34N2O6S2. The highest BCUT2D eigenvalue weighted by atomic mass is 32.3. The van der Waals surface area contributed by atoms with Gasteiger partial charge in [-0.1, -0.05) is 12.1 Å². The van der Waals surface area contributed by atoms with Crippen LogP contribution in [0.2, 0.25) is 0 Å². The number of hydrogen-bond donors (Lipinski definition) is 0. The van der Waals surface area contributed by atoms with Gasteiger partial charge in [0.05, 0.1) is 21.7 Å². The number of amides is 1. The zero-order chi connectivity index (χ0) is 30.5. The van der Waals surface area contributed by atoms with Gasteiger partial charge < -0.3 is 9.32 Å². The van der Waals surface area contributed by atoms with Crippen LogP contribution in [0.3, 0.4) is 0 Å². The minimum Gasteiger partial charge on any atom is -0.459 e. The summed E-state index contributed by atoms with van der Waals surface area (Å²) in [6.45, 7) is 0.469. The fraction of sp³-hybridized carbons (Fsp3) is 0.324. The summed E-state index contributed by atoms with van der Waals surface area (Å²) in [4.78, 5) is 14.7. The number of carbonyl (C=O) groups excluding carboxylic acids is 1. The highest BCUT2D eigenvalue weighted by Gasteiger charge is 2.39. The van der Waals surface area contributed by atoms with E-state index in [4.69, 9.17) is 4.42 Å². The van der Waals surface area contributed by atoms with E-state index in [9.17, 15) is 21.6 Å². The Labute approximate surface area is 258 Å². The highest BCUT2D eigenvalue weighted by molar-refractivity contribution is 8.10. The first-order valence-electron chi connectivity index (χ1n) is 15.3. The van der Waals surface area contributed by atoms with Crippen molar-refractivity contribution in [2.45, 2.75) is 74.0 Å². The fourth-order valence-corrected chi connectivity index (χ4v) is 10.6. The van der Waals surface area contributed by atoms with E-state index >= 15 is 0 Å². The number of nitrogens with zero attached hydrogens (tertiary/aromatic N) is 2. The number of aryl methyl sites for hydroxylation is 5. The molecule has 228 valence electrons. The first kappa shape index (κ1) is 28.9. The number of furan rings is 1. The molecule has 1 aromatic heterocycles. The monoisotopic (exact) mass is 630 g/mol. The van der Waals surface area contributed by atoms with Gasteiger partial charge >= 0.3 is 0 Å². The minimum atomic E-state index is -4.56. The second-order valence-corrected chi connectivity index (χ2v) is 15.6. The molecule has 1 amide bonds. The number of carbonyl (C=O) groups is 1. The first-order valence-corrected chi connectivity index (χ1v) is 18.1. The molecule has 44 heavy (non-hydrogen) atoms. The third-order valence-electron chi connectivity index (χ3n) is 9.04. The van der Waals surface area contributed by atoms with Crippen molar-refractivity contribution in [2.75, 3.05) is 15.2 Å². The van der Waals surface area contributed by atoms with Crippen LogP contribution in [0.4, 0.5) is 11.4 Å². The number of fused-ring (bicyclic) bond motifs is 3. The topological polar surface area (TPSA) is 105 Å². The van der Waals surface area contributed by atoms with Gasteiger partial charge in [-0.3, -0.25) is 4.79 Å². The lowest BCUT2D eigenvalue weighted by Crippen LogP contribution is -2.38. The molecular weight excluding hydrogens is 597 g/mol. The van der Waals surface area contributed by atoms with Crippen molar-refractivity contribution in [3.05, 3.63) is 107 Å². The predicted molar refractivity (Wildman–Crippen MR) is 168 cm³/mol. The van der Waals surface area contributed by atoms with Crippen LogP contribution in [0.5, 0.6) is 0 Å². The standard InChI is InChI=1S/C34H34N2O6S2/c37-34(33-12-6-20-42-33)35-19-5-11-28-21-29(15-18-32(28)35)36(43(38,39)30-16-13-24-7-1-3-9-26(24)22-30)44(40,41)31-17-14-25-8-2-4-10-27(25)23-31/h6,12-18,20-23H,1-5,7-11,19H2. The molecule has 0 fully saturated rings. The SMILES string of the molecule is O=C(c1ccco1)N1CCCc2cc(N(S(=O)(=O)c3ccc4c(c3)CCCC4)S(=O)(=O)c3ccc4c(c3)CCCC4)ccc21. The Morgan fingerprint density at radius 3 is 1.77 bits per heavy atom. The lowest BCUT2D eigenvalue weighted by atomic mass is 9.92. The van der Waals surface area contributed by atoms with Crippen LogP contribution in [0.25, 0.3) is 0 Å². The molecule has 4 aromatic rings. The summed E-state index contributed by atoms with van der Waals surface area (Å²) in [6.07, 6.45) is 9.94. The molecule has 10 heteroatoms. The Kier molecular flexibility index (Phi) is 7.37. The molecule has 0 spiro atoms. The molecule has 0 N–H and O–H groups in total. The number of sulfonamides is 2. The zero-order valence-corrected chi connectivity index (χ0v) is 26.0. The molecule has 8 nitrogen and oxygen atoms in total. The summed E-state index contributed by atoms with van der Waals surface area (Å²) >= 11 is 0. The van der Waals surface area contributed by atoms with Gasteiger partial charge in [-0.25, -0.2) is 16.8 Å². The zero-order valence-electron chi connectivity index (χ0n) is 24.4. The van der Waals surface area contributed by atoms with E-state index in [-0.39, 0.29) is 27.1 Å². The van der Waals surface area contributed by atoms with E-state index in [1.54, 1.807) is 41.3 Å². The molecule has 2 heterocycles. The summed E-state index contributed by atoms with van der Waals surface area (Å²) in [5.74, 6) is -0.0996. The van der Waals surface area contributed by atoms with E-state index < -0.39 is 20.0 Å². The Balaban J connectivity index is 1.36. The lowest BCUT2D eigenvalue weighted by molar-refractivity contribution is 0.0958. The lowest BCUT2D eigenvalue weighted by Gasteiger charge is -2.31. The molecule has 0 unspecified atom stereocenters. The first-order chi connectivity index (χ1) is 21.2. The van der Waals surface area contributed by atoms with E-state index in [0.717, 1.165) is 73.6 Å². The minimum absolute atomic E-state index is 0.0199. The Morgan fingerprint density at radius 1 is 0.636 bits per heavy atom. The molecule has 3 aromatic carbocycles. The average Bonchev–Trinajstić information content (AvgIpc) is 3.59. The summed E-state index contributed by atoms with van der Waals surface area (Å²) in [5.41, 5.74) is 5.43. The maximum Gasteiger partial charge on any atom is 0.293 e. The predicted octanol–water partition coefficient (Wildman–Crippen LogP) is 6.21. The van der Waals surface area contributed by atoms with E-state index in [2.05, 4.69) is 0 Å². The van der Waals surface area contributed by atoms with Crippen LogP contribution in [-0.2, 0) is 52.2 Å². The van der Waals surface area contributed by atoms with Gasteiger partial charge in [0.25, 0.3) is 26.0 Å². The Bertz CT molecular complexity index is 1880. The van der Waals surface area contributed by atoms with Crippen LogP contribution in [0, 0.1) is 0 Å². The van der Waals surface area contributed by atoms with Gasteiger partial charge in [0.2, 0.25) is 0 Å². The van der Waals surface area contributed by atoms with Crippen molar-refractivity contribution in [2.24, 2.45) is 0 Å². The number of rotatable bonds is 6. The molecule has 0 bridgehead atoms. The Morgan fingerprint density at radius 2 is 1.20 bits per heavy atom. The Hall–Kier alpha value is -3.89. The quantitative estimate of drug-likeness (QED) is 0.251. The van der Waals surface area contributed by atoms with Gasteiger partial charge in [0.1, 0.15) is 0 Å². The van der Waals surface area contributed by atoms with Crippen LogP contribution in [0.15, 0.2) is 87.2 Å². The highest BCUT2D eigenvalue weighted by Crippen LogP contribution is 2.38. The van der Waals surface area contributed by atoms with E-state index in [1.807, 2.05) is 12.1 Å². The summed E-state index contributed by atoms with van der Waals surface area (Å²) < 4.78 is 63.9. The third kappa shape index (κ3) is 5.03. The maximum atomic E-state index is 14.5. The largest absolute Gasteiger partial charge is 0.459 e. The number of hydrogen-bond acceptors (Lipinski definition) is 6. The van der Waals surface area contributed by atoms with Crippen molar-refractivity contribution in [1.82, 2.24) is 0 Å². The normalized spacial score (nSPS) is 16.5. The summed E-state index contributed by atoms with van der Waals surface area (Å²) in [7, 11) is -9.11. The van der Waals surface area contributed by atoms with Crippen molar-refractivity contribution >= 4 is 37.3 Å². The van der Waals surface area contributed by atoms with Gasteiger partial charge in [0.15, 0.2) is 5.76 Å². The third-order valence-corrected chi connectivity index (χ3v) is 13.2. The van der Waals surface area contributed by atoms with Gasteiger partial charge in [-0.15, -0.1) is 0 Å². The average molecular weight is 631 g/mol. The second kappa shape index (κ2) is 11.2. The molecule has 0 saturated heterocycles. The summed E-state index contributed by atoms with van der Waals surface area (Å²) in [5, 5.41) is 0. The van der Waals surface area contributed by atoms with E-state index in [0.29, 0.717) is 34.3 Å². The van der Waals surface area contributed by atoms with Gasteiger partial charge in [-0.05, 0) is 147 Å². The second-order valence-electron chi connectivity index (χ2n) is 11.8. The van der Waals surface area contributed by atoms with Crippen molar-refractivity contribution in [1.29, 1.82) is 0 Å². The van der Waals surface area contributed by atoms with Gasteiger partial charge in [0, 0.05) is 12.2 Å². The summed E-state index contributed by atoms with van der Waals surface area (Å²) in [6, 6.07) is 17.9. The molecule has 2 aliphatic carbocycles. The number of anilines is 2.